The predicted molar refractivity (Wildman–Crippen MR) is 79.6 cm³/mol. The van der Waals surface area contributed by atoms with Gasteiger partial charge in [0.2, 0.25) is 4.96 Å². The average Bonchev–Trinajstić information content (AvgIpc) is 3.14. The molecule has 0 fully saturated rings. The zero-order chi connectivity index (χ0) is 14.4. The molecule has 6 nitrogen and oxygen atoms in total. The minimum atomic E-state index is 0.646. The first-order valence-electron chi connectivity index (χ1n) is 6.79. The Morgan fingerprint density at radius 1 is 1.29 bits per heavy atom. The summed E-state index contributed by atoms with van der Waals surface area (Å²) >= 11 is 1.54. The SMILES string of the molecule is CCc1nnc2sc(Cc3noc4ccc(C)cc34)nn12. The van der Waals surface area contributed by atoms with Gasteiger partial charge in [-0.1, -0.05) is 35.0 Å². The third-order valence-electron chi connectivity index (χ3n) is 3.43. The summed E-state index contributed by atoms with van der Waals surface area (Å²) in [5.41, 5.74) is 2.92. The third-order valence-corrected chi connectivity index (χ3v) is 4.33. The van der Waals surface area contributed by atoms with E-state index in [2.05, 4.69) is 33.4 Å². The first-order valence-corrected chi connectivity index (χ1v) is 7.61. The molecule has 3 heterocycles. The topological polar surface area (TPSA) is 69.1 Å². The molecule has 4 aromatic rings. The highest BCUT2D eigenvalue weighted by atomic mass is 32.1. The largest absolute Gasteiger partial charge is 0.356 e. The van der Waals surface area contributed by atoms with Crippen molar-refractivity contribution in [3.8, 4) is 0 Å². The Labute approximate surface area is 124 Å². The average molecular weight is 299 g/mol. The van der Waals surface area contributed by atoms with Gasteiger partial charge in [0.05, 0.1) is 5.69 Å². The Morgan fingerprint density at radius 2 is 2.19 bits per heavy atom. The van der Waals surface area contributed by atoms with Crippen LogP contribution in [0.1, 0.15) is 29.0 Å². The van der Waals surface area contributed by atoms with Crippen molar-refractivity contribution < 1.29 is 4.52 Å². The normalized spacial score (nSPS) is 11.7. The van der Waals surface area contributed by atoms with Gasteiger partial charge in [-0.25, -0.2) is 0 Å². The molecule has 1 aromatic carbocycles. The van der Waals surface area contributed by atoms with Crippen molar-refractivity contribution in [3.63, 3.8) is 0 Å². The molecule has 3 aromatic heterocycles. The van der Waals surface area contributed by atoms with Gasteiger partial charge in [-0.05, 0) is 19.1 Å². The first-order chi connectivity index (χ1) is 10.2. The van der Waals surface area contributed by atoms with Crippen LogP contribution in [0.25, 0.3) is 15.9 Å². The van der Waals surface area contributed by atoms with Crippen molar-refractivity contribution in [2.45, 2.75) is 26.7 Å². The molecular weight excluding hydrogens is 286 g/mol. The maximum atomic E-state index is 5.37. The molecule has 0 unspecified atom stereocenters. The zero-order valence-corrected chi connectivity index (χ0v) is 12.5. The molecule has 0 aliphatic carbocycles. The van der Waals surface area contributed by atoms with E-state index in [9.17, 15) is 0 Å². The van der Waals surface area contributed by atoms with Crippen molar-refractivity contribution >= 4 is 27.3 Å². The molecule has 0 radical (unpaired) electrons. The molecule has 4 rings (SSSR count). The van der Waals surface area contributed by atoms with E-state index in [1.807, 2.05) is 23.6 Å². The fourth-order valence-electron chi connectivity index (χ4n) is 2.36. The van der Waals surface area contributed by atoms with Crippen molar-refractivity contribution in [2.24, 2.45) is 0 Å². The van der Waals surface area contributed by atoms with Gasteiger partial charge >= 0.3 is 0 Å². The molecule has 0 saturated heterocycles. The minimum Gasteiger partial charge on any atom is -0.356 e. The predicted octanol–water partition coefficient (Wildman–Crippen LogP) is 2.79. The summed E-state index contributed by atoms with van der Waals surface area (Å²) in [6, 6.07) is 6.07. The van der Waals surface area contributed by atoms with Crippen LogP contribution in [0.15, 0.2) is 22.7 Å². The molecule has 21 heavy (non-hydrogen) atoms. The number of aryl methyl sites for hydroxylation is 2. The highest BCUT2D eigenvalue weighted by molar-refractivity contribution is 7.16. The molecular formula is C14H13N5OS. The summed E-state index contributed by atoms with van der Waals surface area (Å²) in [6.45, 7) is 4.11. The maximum absolute atomic E-state index is 5.37. The first kappa shape index (κ1) is 12.5. The minimum absolute atomic E-state index is 0.646. The number of hydrogen-bond acceptors (Lipinski definition) is 6. The molecule has 0 spiro atoms. The van der Waals surface area contributed by atoms with E-state index in [1.165, 1.54) is 5.56 Å². The smallest absolute Gasteiger partial charge is 0.234 e. The highest BCUT2D eigenvalue weighted by Crippen LogP contribution is 2.24. The number of fused-ring (bicyclic) bond motifs is 2. The number of nitrogens with zero attached hydrogens (tertiary/aromatic N) is 5. The molecule has 0 atom stereocenters. The van der Waals surface area contributed by atoms with E-state index in [0.717, 1.165) is 38.9 Å². The van der Waals surface area contributed by atoms with Gasteiger partial charge in [0.25, 0.3) is 0 Å². The van der Waals surface area contributed by atoms with Crippen LogP contribution in [-0.2, 0) is 12.8 Å². The second-order valence-electron chi connectivity index (χ2n) is 4.97. The lowest BCUT2D eigenvalue weighted by molar-refractivity contribution is 0.448. The molecule has 106 valence electrons. The Kier molecular flexibility index (Phi) is 2.75. The third kappa shape index (κ3) is 2.01. The van der Waals surface area contributed by atoms with Crippen LogP contribution >= 0.6 is 11.3 Å². The second kappa shape index (κ2) is 4.63. The van der Waals surface area contributed by atoms with E-state index in [0.29, 0.717) is 6.42 Å². The van der Waals surface area contributed by atoms with E-state index in [-0.39, 0.29) is 0 Å². The highest BCUT2D eigenvalue weighted by Gasteiger charge is 2.14. The van der Waals surface area contributed by atoms with Gasteiger partial charge in [0.15, 0.2) is 11.4 Å². The molecule has 0 aliphatic heterocycles. The van der Waals surface area contributed by atoms with Gasteiger partial charge < -0.3 is 4.52 Å². The molecule has 0 aliphatic rings. The number of hydrogen-bond donors (Lipinski definition) is 0. The van der Waals surface area contributed by atoms with Gasteiger partial charge in [0, 0.05) is 18.2 Å². The van der Waals surface area contributed by atoms with E-state index in [1.54, 1.807) is 11.3 Å². The molecule has 7 heteroatoms. The lowest BCUT2D eigenvalue weighted by atomic mass is 10.1. The van der Waals surface area contributed by atoms with Crippen LogP contribution in [0.4, 0.5) is 0 Å². The lowest BCUT2D eigenvalue weighted by Crippen LogP contribution is -1.96. The monoisotopic (exact) mass is 299 g/mol. The van der Waals surface area contributed by atoms with E-state index < -0.39 is 0 Å². The van der Waals surface area contributed by atoms with Crippen molar-refractivity contribution in [3.05, 3.63) is 40.3 Å². The summed E-state index contributed by atoms with van der Waals surface area (Å²) in [5, 5.41) is 19.0. The molecule has 0 saturated carbocycles. The van der Waals surface area contributed by atoms with Crippen LogP contribution < -0.4 is 0 Å². The van der Waals surface area contributed by atoms with Crippen molar-refractivity contribution in [2.75, 3.05) is 0 Å². The van der Waals surface area contributed by atoms with E-state index in [4.69, 9.17) is 4.52 Å². The van der Waals surface area contributed by atoms with Gasteiger partial charge in [-0.15, -0.1) is 10.2 Å². The summed E-state index contributed by atoms with van der Waals surface area (Å²) in [7, 11) is 0. The maximum Gasteiger partial charge on any atom is 0.234 e. The molecule has 0 bridgehead atoms. The Hall–Kier alpha value is -2.28. The fourth-order valence-corrected chi connectivity index (χ4v) is 3.22. The Morgan fingerprint density at radius 3 is 3.05 bits per heavy atom. The van der Waals surface area contributed by atoms with Gasteiger partial charge in [-0.3, -0.25) is 0 Å². The Bertz CT molecular complexity index is 935. The van der Waals surface area contributed by atoms with Crippen LogP contribution in [0.5, 0.6) is 0 Å². The van der Waals surface area contributed by atoms with Gasteiger partial charge in [0.1, 0.15) is 5.01 Å². The molecule has 0 N–H and O–H groups in total. The quantitative estimate of drug-likeness (QED) is 0.582. The number of benzene rings is 1. The lowest BCUT2D eigenvalue weighted by Gasteiger charge is -1.94. The van der Waals surface area contributed by atoms with Crippen LogP contribution in [0.2, 0.25) is 0 Å². The number of rotatable bonds is 3. The van der Waals surface area contributed by atoms with Crippen molar-refractivity contribution in [1.82, 2.24) is 25.0 Å². The number of aromatic nitrogens is 5. The fraction of sp³-hybridized carbons (Fsp3) is 0.286. The van der Waals surface area contributed by atoms with Gasteiger partial charge in [-0.2, -0.15) is 9.61 Å². The summed E-state index contributed by atoms with van der Waals surface area (Å²) < 4.78 is 7.18. The summed E-state index contributed by atoms with van der Waals surface area (Å²) in [6.07, 6.45) is 1.46. The van der Waals surface area contributed by atoms with Crippen LogP contribution in [0.3, 0.4) is 0 Å². The van der Waals surface area contributed by atoms with Crippen LogP contribution in [-0.4, -0.2) is 25.0 Å². The standard InChI is InChI=1S/C14H13N5OS/c1-3-12-15-16-14-19(12)17-13(21-14)7-10-9-6-8(2)4-5-11(9)20-18-10/h4-6H,3,7H2,1-2H3. The van der Waals surface area contributed by atoms with Crippen molar-refractivity contribution in [1.29, 1.82) is 0 Å². The zero-order valence-electron chi connectivity index (χ0n) is 11.7. The summed E-state index contributed by atoms with van der Waals surface area (Å²) in [4.78, 5) is 0.825. The van der Waals surface area contributed by atoms with E-state index >= 15 is 0 Å². The summed E-state index contributed by atoms with van der Waals surface area (Å²) in [5.74, 6) is 0.883. The second-order valence-corrected chi connectivity index (χ2v) is 6.01. The Balaban J connectivity index is 1.75. The van der Waals surface area contributed by atoms with Crippen LogP contribution in [0, 0.1) is 6.92 Å². The molecule has 0 amide bonds.